The molecule has 178 valence electrons. The summed E-state index contributed by atoms with van der Waals surface area (Å²) in [5, 5.41) is 8.30. The van der Waals surface area contributed by atoms with Gasteiger partial charge in [0.15, 0.2) is 5.13 Å². The van der Waals surface area contributed by atoms with Crippen molar-refractivity contribution in [1.82, 2.24) is 14.8 Å². The van der Waals surface area contributed by atoms with Gasteiger partial charge in [0.25, 0.3) is 5.91 Å². The Morgan fingerprint density at radius 2 is 1.83 bits per heavy atom. The first-order valence-corrected chi connectivity index (χ1v) is 13.2. The summed E-state index contributed by atoms with van der Waals surface area (Å²) in [4.78, 5) is 22.0. The molecular weight excluding hydrogens is 488 g/mol. The molecule has 36 heavy (non-hydrogen) atoms. The van der Waals surface area contributed by atoms with Gasteiger partial charge in [0.2, 0.25) is 0 Å². The number of thiophene rings is 1. The molecule has 8 heteroatoms. The Hall–Kier alpha value is -4.01. The van der Waals surface area contributed by atoms with E-state index in [4.69, 9.17) is 14.5 Å². The number of aromatic nitrogens is 3. The Kier molecular flexibility index (Phi) is 5.75. The molecule has 0 aliphatic carbocycles. The lowest BCUT2D eigenvalue weighted by Gasteiger charge is -2.18. The third-order valence-corrected chi connectivity index (χ3v) is 7.93. The minimum absolute atomic E-state index is 0.114. The maximum Gasteiger partial charge on any atom is 0.270 e. The maximum atomic E-state index is 13.9. The minimum atomic E-state index is -0.114. The van der Waals surface area contributed by atoms with Gasteiger partial charge in [-0.15, -0.1) is 22.7 Å². The zero-order valence-electron chi connectivity index (χ0n) is 19.7. The molecule has 0 spiro atoms. The highest BCUT2D eigenvalue weighted by Crippen LogP contribution is 2.34. The Balaban J connectivity index is 1.39. The quantitative estimate of drug-likeness (QED) is 0.236. The number of carbonyl (C=O) groups excluding carboxylic acids is 1. The van der Waals surface area contributed by atoms with E-state index < -0.39 is 0 Å². The molecular formula is C28H22N4O2S2. The number of anilines is 1. The molecule has 0 unspecified atom stereocenters. The van der Waals surface area contributed by atoms with Crippen LogP contribution < -0.4 is 4.90 Å². The van der Waals surface area contributed by atoms with E-state index in [9.17, 15) is 4.79 Å². The summed E-state index contributed by atoms with van der Waals surface area (Å²) >= 11 is 2.90. The molecule has 0 saturated carbocycles. The van der Waals surface area contributed by atoms with Gasteiger partial charge >= 0.3 is 0 Å². The van der Waals surface area contributed by atoms with Crippen LogP contribution in [0.3, 0.4) is 0 Å². The molecule has 4 heterocycles. The molecule has 0 aliphatic heterocycles. The van der Waals surface area contributed by atoms with Crippen LogP contribution in [-0.2, 0) is 6.54 Å². The van der Waals surface area contributed by atoms with Gasteiger partial charge in [-0.05, 0) is 44.2 Å². The summed E-state index contributed by atoms with van der Waals surface area (Å²) in [6, 6.07) is 23.8. The molecule has 6 aromatic rings. The van der Waals surface area contributed by atoms with Gasteiger partial charge in [-0.2, -0.15) is 5.10 Å². The topological polar surface area (TPSA) is 64.2 Å². The number of hydrogen-bond acceptors (Lipinski definition) is 6. The molecule has 0 bridgehead atoms. The lowest BCUT2D eigenvalue weighted by atomic mass is 10.1. The third-order valence-electron chi connectivity index (χ3n) is 5.97. The molecule has 0 saturated heterocycles. The number of rotatable bonds is 6. The first-order chi connectivity index (χ1) is 17.6. The summed E-state index contributed by atoms with van der Waals surface area (Å²) in [6.45, 7) is 4.33. The van der Waals surface area contributed by atoms with Gasteiger partial charge in [-0.3, -0.25) is 9.69 Å². The van der Waals surface area contributed by atoms with Gasteiger partial charge in [0, 0.05) is 16.3 Å². The van der Waals surface area contributed by atoms with Crippen LogP contribution >= 0.6 is 22.7 Å². The molecule has 1 amide bonds. The second kappa shape index (κ2) is 9.22. The summed E-state index contributed by atoms with van der Waals surface area (Å²) in [6.07, 6.45) is 1.62. The summed E-state index contributed by atoms with van der Waals surface area (Å²) < 4.78 is 7.49. The van der Waals surface area contributed by atoms with Crippen molar-refractivity contribution in [3.63, 3.8) is 0 Å². The van der Waals surface area contributed by atoms with E-state index in [-0.39, 0.29) is 5.91 Å². The van der Waals surface area contributed by atoms with Gasteiger partial charge in [0.1, 0.15) is 10.6 Å². The Labute approximate surface area is 216 Å². The average Bonchev–Trinajstić information content (AvgIpc) is 3.69. The number of benzene rings is 2. The molecule has 6 rings (SSSR count). The fourth-order valence-electron chi connectivity index (χ4n) is 4.06. The fraction of sp³-hybridized carbons (Fsp3) is 0.107. The number of fused-ring (bicyclic) bond motifs is 1. The number of para-hydroxylation sites is 1. The van der Waals surface area contributed by atoms with E-state index in [1.165, 1.54) is 28.2 Å². The summed E-state index contributed by atoms with van der Waals surface area (Å²) in [5.41, 5.74) is 4.91. The first kappa shape index (κ1) is 22.5. The van der Waals surface area contributed by atoms with E-state index in [0.717, 1.165) is 32.9 Å². The SMILES string of the molecule is Cc1ccc(-c2csc(N(Cc3ccco3)C(=O)c3cc4c(C)nn(-c5ccccc5)c4s3)n2)cc1. The van der Waals surface area contributed by atoms with Crippen LogP contribution in [0.5, 0.6) is 0 Å². The fourth-order valence-corrected chi connectivity index (χ4v) is 6.02. The van der Waals surface area contributed by atoms with Crippen molar-refractivity contribution in [3.05, 3.63) is 106 Å². The molecule has 0 N–H and O–H groups in total. The van der Waals surface area contributed by atoms with Crippen LogP contribution in [-0.4, -0.2) is 20.7 Å². The number of furan rings is 1. The zero-order chi connectivity index (χ0) is 24.6. The number of aryl methyl sites for hydroxylation is 2. The van der Waals surface area contributed by atoms with Crippen LogP contribution in [0.4, 0.5) is 5.13 Å². The number of amides is 1. The van der Waals surface area contributed by atoms with Crippen LogP contribution in [0.15, 0.2) is 88.9 Å². The Morgan fingerprint density at radius 1 is 1.03 bits per heavy atom. The van der Waals surface area contributed by atoms with Crippen molar-refractivity contribution in [2.45, 2.75) is 20.4 Å². The highest BCUT2D eigenvalue weighted by molar-refractivity contribution is 7.20. The van der Waals surface area contributed by atoms with Gasteiger partial charge in [-0.1, -0.05) is 48.0 Å². The number of carbonyl (C=O) groups is 1. The van der Waals surface area contributed by atoms with Crippen LogP contribution in [0.1, 0.15) is 26.7 Å². The maximum absolute atomic E-state index is 13.9. The van der Waals surface area contributed by atoms with Crippen LogP contribution in [0, 0.1) is 13.8 Å². The molecule has 0 atom stereocenters. The molecule has 2 aromatic carbocycles. The Morgan fingerprint density at radius 3 is 2.58 bits per heavy atom. The van der Waals surface area contributed by atoms with Crippen molar-refractivity contribution in [2.24, 2.45) is 0 Å². The highest BCUT2D eigenvalue weighted by Gasteiger charge is 2.26. The van der Waals surface area contributed by atoms with Crippen molar-refractivity contribution in [3.8, 4) is 16.9 Å². The lowest BCUT2D eigenvalue weighted by Crippen LogP contribution is -2.29. The van der Waals surface area contributed by atoms with Crippen LogP contribution in [0.2, 0.25) is 0 Å². The van der Waals surface area contributed by atoms with E-state index >= 15 is 0 Å². The second-order valence-electron chi connectivity index (χ2n) is 8.51. The normalized spacial score (nSPS) is 11.3. The zero-order valence-corrected chi connectivity index (χ0v) is 21.3. The number of hydrogen-bond donors (Lipinski definition) is 0. The second-order valence-corrected chi connectivity index (χ2v) is 10.4. The van der Waals surface area contributed by atoms with Crippen molar-refractivity contribution < 1.29 is 9.21 Å². The van der Waals surface area contributed by atoms with Crippen LogP contribution in [0.25, 0.3) is 27.2 Å². The molecule has 4 aromatic heterocycles. The van der Waals surface area contributed by atoms with Crippen molar-refractivity contribution in [1.29, 1.82) is 0 Å². The molecule has 0 aliphatic rings. The average molecular weight is 511 g/mol. The van der Waals surface area contributed by atoms with E-state index in [0.29, 0.717) is 22.3 Å². The van der Waals surface area contributed by atoms with E-state index in [2.05, 4.69) is 31.2 Å². The number of thiazole rings is 1. The summed E-state index contributed by atoms with van der Waals surface area (Å²) in [7, 11) is 0. The predicted molar refractivity (Wildman–Crippen MR) is 145 cm³/mol. The van der Waals surface area contributed by atoms with Crippen molar-refractivity contribution >= 4 is 43.9 Å². The van der Waals surface area contributed by atoms with Gasteiger partial charge < -0.3 is 4.42 Å². The molecule has 0 radical (unpaired) electrons. The largest absolute Gasteiger partial charge is 0.467 e. The van der Waals surface area contributed by atoms with Crippen molar-refractivity contribution in [2.75, 3.05) is 4.90 Å². The monoisotopic (exact) mass is 510 g/mol. The third kappa shape index (κ3) is 4.14. The first-order valence-electron chi connectivity index (χ1n) is 11.5. The predicted octanol–water partition coefficient (Wildman–Crippen LogP) is 7.27. The lowest BCUT2D eigenvalue weighted by molar-refractivity contribution is 0.0987. The number of nitrogens with zero attached hydrogens (tertiary/aromatic N) is 4. The molecule has 6 nitrogen and oxygen atoms in total. The Bertz CT molecular complexity index is 1650. The minimum Gasteiger partial charge on any atom is -0.467 e. The smallest absolute Gasteiger partial charge is 0.270 e. The standard InChI is InChI=1S/C28H22N4O2S2/c1-18-10-12-20(13-11-18)24-17-35-28(29-24)31(16-22-9-6-14-34-22)26(33)25-15-23-19(2)30-32(27(23)36-25)21-7-4-3-5-8-21/h3-15,17H,16H2,1-2H3. The van der Waals surface area contributed by atoms with Gasteiger partial charge in [0.05, 0.1) is 34.8 Å². The molecule has 0 fully saturated rings. The van der Waals surface area contributed by atoms with E-state index in [1.54, 1.807) is 11.2 Å². The highest BCUT2D eigenvalue weighted by atomic mass is 32.1. The van der Waals surface area contributed by atoms with E-state index in [1.807, 2.05) is 65.5 Å². The summed E-state index contributed by atoms with van der Waals surface area (Å²) in [5.74, 6) is 0.583. The van der Waals surface area contributed by atoms with Gasteiger partial charge in [-0.25, -0.2) is 9.67 Å².